The van der Waals surface area contributed by atoms with Crippen molar-refractivity contribution in [1.29, 1.82) is 0 Å². The Kier molecular flexibility index (Phi) is 3.70. The molecule has 0 radical (unpaired) electrons. The Balaban J connectivity index is 2.18. The van der Waals surface area contributed by atoms with E-state index < -0.39 is 29.0 Å². The first-order valence-corrected chi connectivity index (χ1v) is 5.67. The summed E-state index contributed by atoms with van der Waals surface area (Å²) in [6.07, 6.45) is -3.45. The maximum absolute atomic E-state index is 12.4. The second-order valence-electron chi connectivity index (χ2n) is 4.13. The number of H-pyrrole nitrogens is 1. The minimum absolute atomic E-state index is 0.124. The molecule has 1 aromatic carbocycles. The average Bonchev–Trinajstić information content (AvgIpc) is 2.38. The number of anilines is 1. The smallest absolute Gasteiger partial charge is 0.416 e. The van der Waals surface area contributed by atoms with Gasteiger partial charge in [0.15, 0.2) is 0 Å². The van der Waals surface area contributed by atoms with Crippen LogP contribution in [0.1, 0.15) is 15.9 Å². The monoisotopic (exact) mass is 298 g/mol. The van der Waals surface area contributed by atoms with E-state index in [1.807, 2.05) is 0 Å². The summed E-state index contributed by atoms with van der Waals surface area (Å²) in [5.74, 6) is -1.29. The zero-order chi connectivity index (χ0) is 15.6. The molecule has 0 unspecified atom stereocenters. The first kappa shape index (κ1) is 14.6. The van der Waals surface area contributed by atoms with E-state index in [0.717, 1.165) is 36.5 Å². The van der Waals surface area contributed by atoms with Gasteiger partial charge in [-0.15, -0.1) is 0 Å². The van der Waals surface area contributed by atoms with Crippen LogP contribution in [0.15, 0.2) is 41.3 Å². The van der Waals surface area contributed by atoms with Crippen LogP contribution in [0.5, 0.6) is 5.75 Å². The molecule has 2 aromatic rings. The second-order valence-corrected chi connectivity index (χ2v) is 4.13. The molecule has 2 rings (SSSR count). The molecule has 0 fully saturated rings. The Labute approximate surface area is 116 Å². The van der Waals surface area contributed by atoms with Gasteiger partial charge in [-0.3, -0.25) is 9.59 Å². The molecule has 0 aliphatic carbocycles. The zero-order valence-corrected chi connectivity index (χ0v) is 10.4. The molecule has 110 valence electrons. The largest absolute Gasteiger partial charge is 0.507 e. The fraction of sp³-hybridized carbons (Fsp3) is 0.0769. The molecule has 0 bridgehead atoms. The van der Waals surface area contributed by atoms with Crippen LogP contribution in [0.4, 0.5) is 18.9 Å². The van der Waals surface area contributed by atoms with Gasteiger partial charge < -0.3 is 15.4 Å². The number of aromatic amines is 1. The van der Waals surface area contributed by atoms with Gasteiger partial charge in [0.05, 0.1) is 11.1 Å². The number of aromatic nitrogens is 1. The molecule has 0 aliphatic rings. The molecule has 0 atom stereocenters. The van der Waals surface area contributed by atoms with Crippen molar-refractivity contribution in [3.63, 3.8) is 0 Å². The van der Waals surface area contributed by atoms with Crippen molar-refractivity contribution in [2.24, 2.45) is 0 Å². The van der Waals surface area contributed by atoms with Crippen molar-refractivity contribution < 1.29 is 23.1 Å². The highest BCUT2D eigenvalue weighted by Gasteiger charge is 2.30. The molecular formula is C13H9F3N2O3. The van der Waals surface area contributed by atoms with Gasteiger partial charge >= 0.3 is 6.18 Å². The van der Waals surface area contributed by atoms with Crippen molar-refractivity contribution in [3.05, 3.63) is 58.0 Å². The quantitative estimate of drug-likeness (QED) is 0.796. The third kappa shape index (κ3) is 3.41. The number of carbonyl (C=O) groups is 1. The third-order valence-corrected chi connectivity index (χ3v) is 2.62. The molecule has 1 aromatic heterocycles. The van der Waals surface area contributed by atoms with E-state index >= 15 is 0 Å². The van der Waals surface area contributed by atoms with Gasteiger partial charge in [0.2, 0.25) is 0 Å². The van der Waals surface area contributed by atoms with E-state index in [0.29, 0.717) is 0 Å². The predicted octanol–water partition coefficient (Wildman–Crippen LogP) is 2.35. The lowest BCUT2D eigenvalue weighted by atomic mass is 10.2. The standard InChI is InChI=1S/C13H9F3N2O3/c14-13(15,16)7-1-3-8(4-2-7)18-12(21)9-6-17-11(20)5-10(9)19/h1-6H,(H,18,21)(H2,17,19,20). The molecule has 8 heteroatoms. The van der Waals surface area contributed by atoms with E-state index in [9.17, 15) is 27.9 Å². The van der Waals surface area contributed by atoms with E-state index in [1.54, 1.807) is 0 Å². The minimum Gasteiger partial charge on any atom is -0.507 e. The number of carbonyl (C=O) groups excluding carboxylic acids is 1. The third-order valence-electron chi connectivity index (χ3n) is 2.62. The molecule has 1 amide bonds. The van der Waals surface area contributed by atoms with Crippen molar-refractivity contribution in [2.75, 3.05) is 5.32 Å². The second kappa shape index (κ2) is 5.31. The van der Waals surface area contributed by atoms with Crippen molar-refractivity contribution >= 4 is 11.6 Å². The van der Waals surface area contributed by atoms with Crippen LogP contribution in [-0.2, 0) is 6.18 Å². The van der Waals surface area contributed by atoms with Gasteiger partial charge in [-0.25, -0.2) is 0 Å². The molecule has 0 saturated carbocycles. The lowest BCUT2D eigenvalue weighted by Gasteiger charge is -2.09. The SMILES string of the molecule is O=C(Nc1ccc(C(F)(F)F)cc1)c1c[nH]c(=O)cc1O. The number of aromatic hydroxyl groups is 1. The molecular weight excluding hydrogens is 289 g/mol. The lowest BCUT2D eigenvalue weighted by molar-refractivity contribution is -0.137. The van der Waals surface area contributed by atoms with Gasteiger partial charge in [0.25, 0.3) is 11.5 Å². The molecule has 0 saturated heterocycles. The molecule has 3 N–H and O–H groups in total. The number of hydrogen-bond acceptors (Lipinski definition) is 3. The normalized spacial score (nSPS) is 11.2. The number of rotatable bonds is 2. The minimum atomic E-state index is -4.46. The number of hydrogen-bond donors (Lipinski definition) is 3. The molecule has 1 heterocycles. The van der Waals surface area contributed by atoms with Gasteiger partial charge in [0.1, 0.15) is 5.75 Å². The summed E-state index contributed by atoms with van der Waals surface area (Å²) >= 11 is 0. The Morgan fingerprint density at radius 2 is 1.81 bits per heavy atom. The maximum Gasteiger partial charge on any atom is 0.416 e. The summed E-state index contributed by atoms with van der Waals surface area (Å²) in [5.41, 5.74) is -1.50. The number of pyridine rings is 1. The summed E-state index contributed by atoms with van der Waals surface area (Å²) < 4.78 is 37.2. The molecule has 21 heavy (non-hydrogen) atoms. The zero-order valence-electron chi connectivity index (χ0n) is 10.4. The summed E-state index contributed by atoms with van der Waals surface area (Å²) in [7, 11) is 0. The number of benzene rings is 1. The number of nitrogens with one attached hydrogen (secondary N) is 2. The average molecular weight is 298 g/mol. The Hall–Kier alpha value is -2.77. The number of alkyl halides is 3. The summed E-state index contributed by atoms with van der Waals surface area (Å²) in [4.78, 5) is 24.9. The number of amides is 1. The van der Waals surface area contributed by atoms with Gasteiger partial charge in [-0.1, -0.05) is 0 Å². The fourth-order valence-corrected chi connectivity index (χ4v) is 1.58. The van der Waals surface area contributed by atoms with Gasteiger partial charge in [-0.05, 0) is 24.3 Å². The molecule has 0 spiro atoms. The summed E-state index contributed by atoms with van der Waals surface area (Å²) in [5, 5.41) is 11.8. The molecule has 0 aliphatic heterocycles. The van der Waals surface area contributed by atoms with E-state index in [1.165, 1.54) is 0 Å². The fourth-order valence-electron chi connectivity index (χ4n) is 1.58. The topological polar surface area (TPSA) is 82.2 Å². The lowest BCUT2D eigenvalue weighted by Crippen LogP contribution is -2.15. The first-order valence-electron chi connectivity index (χ1n) is 5.67. The highest BCUT2D eigenvalue weighted by Crippen LogP contribution is 2.29. The Morgan fingerprint density at radius 3 is 2.33 bits per heavy atom. The van der Waals surface area contributed by atoms with E-state index in [2.05, 4.69) is 10.3 Å². The van der Waals surface area contributed by atoms with Gasteiger partial charge in [0, 0.05) is 18.0 Å². The Bertz CT molecular complexity index is 721. The number of halogens is 3. The van der Waals surface area contributed by atoms with Crippen LogP contribution in [0.25, 0.3) is 0 Å². The van der Waals surface area contributed by atoms with E-state index in [-0.39, 0.29) is 11.3 Å². The molecule has 5 nitrogen and oxygen atoms in total. The van der Waals surface area contributed by atoms with Crippen molar-refractivity contribution in [2.45, 2.75) is 6.18 Å². The summed E-state index contributed by atoms with van der Waals surface area (Å²) in [6.45, 7) is 0. The van der Waals surface area contributed by atoms with Crippen molar-refractivity contribution in [3.8, 4) is 5.75 Å². The summed E-state index contributed by atoms with van der Waals surface area (Å²) in [6, 6.07) is 4.64. The van der Waals surface area contributed by atoms with Crippen LogP contribution in [0.3, 0.4) is 0 Å². The highest BCUT2D eigenvalue weighted by molar-refractivity contribution is 6.05. The first-order chi connectivity index (χ1) is 9.77. The van der Waals surface area contributed by atoms with Gasteiger partial charge in [-0.2, -0.15) is 13.2 Å². The van der Waals surface area contributed by atoms with Crippen molar-refractivity contribution in [1.82, 2.24) is 4.98 Å². The van der Waals surface area contributed by atoms with Crippen LogP contribution >= 0.6 is 0 Å². The van der Waals surface area contributed by atoms with Crippen LogP contribution in [-0.4, -0.2) is 16.0 Å². The van der Waals surface area contributed by atoms with Crippen LogP contribution in [0.2, 0.25) is 0 Å². The van der Waals surface area contributed by atoms with Crippen LogP contribution < -0.4 is 10.9 Å². The highest BCUT2D eigenvalue weighted by atomic mass is 19.4. The predicted molar refractivity (Wildman–Crippen MR) is 68.1 cm³/mol. The van der Waals surface area contributed by atoms with Crippen LogP contribution in [0, 0.1) is 0 Å². The van der Waals surface area contributed by atoms with E-state index in [4.69, 9.17) is 0 Å². The Morgan fingerprint density at radius 1 is 1.19 bits per heavy atom. The maximum atomic E-state index is 12.4.